The van der Waals surface area contributed by atoms with Gasteiger partial charge in [0.1, 0.15) is 0 Å². The molecule has 152 valence electrons. The van der Waals surface area contributed by atoms with Crippen LogP contribution in [-0.2, 0) is 0 Å². The topological polar surface area (TPSA) is 61.4 Å². The minimum Gasteiger partial charge on any atom is -0.339 e. The molecule has 2 aromatic rings. The number of benzene rings is 2. The zero-order chi connectivity index (χ0) is 21.0. The van der Waals surface area contributed by atoms with Gasteiger partial charge in [0.05, 0.1) is 0 Å². The predicted molar refractivity (Wildman–Crippen MR) is 123 cm³/mol. The van der Waals surface area contributed by atoms with Gasteiger partial charge in [0.15, 0.2) is 5.11 Å². The number of amides is 2. The molecular formula is C22H24BrN3O2S. The van der Waals surface area contributed by atoms with Crippen molar-refractivity contribution < 1.29 is 9.59 Å². The van der Waals surface area contributed by atoms with Crippen molar-refractivity contribution in [3.8, 4) is 0 Å². The minimum absolute atomic E-state index is 0.0278. The highest BCUT2D eigenvalue weighted by atomic mass is 79.9. The largest absolute Gasteiger partial charge is 0.339 e. The molecule has 0 saturated carbocycles. The van der Waals surface area contributed by atoms with Crippen LogP contribution in [0.1, 0.15) is 46.0 Å². The molecular weight excluding hydrogens is 450 g/mol. The normalized spacial score (nSPS) is 14.4. The van der Waals surface area contributed by atoms with Gasteiger partial charge in [-0.2, -0.15) is 0 Å². The molecule has 1 fully saturated rings. The molecule has 29 heavy (non-hydrogen) atoms. The lowest BCUT2D eigenvalue weighted by Gasteiger charge is -2.30. The van der Waals surface area contributed by atoms with E-state index in [1.54, 1.807) is 24.3 Å². The Kier molecular flexibility index (Phi) is 7.03. The van der Waals surface area contributed by atoms with Gasteiger partial charge >= 0.3 is 0 Å². The molecule has 0 atom stereocenters. The zero-order valence-corrected chi connectivity index (χ0v) is 18.9. The molecule has 0 spiro atoms. The Hall–Kier alpha value is -2.25. The molecule has 3 rings (SSSR count). The number of hydrogen-bond acceptors (Lipinski definition) is 3. The average Bonchev–Trinajstić information content (AvgIpc) is 2.70. The van der Waals surface area contributed by atoms with E-state index >= 15 is 0 Å². The number of nitrogens with zero attached hydrogens (tertiary/aromatic N) is 1. The summed E-state index contributed by atoms with van der Waals surface area (Å²) in [6, 6.07) is 12.6. The number of nitrogens with one attached hydrogen (secondary N) is 2. The van der Waals surface area contributed by atoms with Crippen molar-refractivity contribution in [2.75, 3.05) is 18.4 Å². The van der Waals surface area contributed by atoms with E-state index in [0.29, 0.717) is 22.7 Å². The third-order valence-electron chi connectivity index (χ3n) is 5.10. The van der Waals surface area contributed by atoms with Crippen LogP contribution >= 0.6 is 28.1 Å². The Morgan fingerprint density at radius 1 is 1.10 bits per heavy atom. The van der Waals surface area contributed by atoms with Gasteiger partial charge in [-0.3, -0.25) is 14.9 Å². The Morgan fingerprint density at radius 3 is 2.52 bits per heavy atom. The van der Waals surface area contributed by atoms with E-state index in [-0.39, 0.29) is 16.9 Å². The first-order chi connectivity index (χ1) is 13.8. The van der Waals surface area contributed by atoms with E-state index in [1.807, 2.05) is 30.0 Å². The number of rotatable bonds is 3. The van der Waals surface area contributed by atoms with Gasteiger partial charge in [0.25, 0.3) is 11.8 Å². The number of anilines is 1. The molecule has 2 amide bonds. The van der Waals surface area contributed by atoms with Crippen LogP contribution in [0.15, 0.2) is 46.9 Å². The fourth-order valence-corrected chi connectivity index (χ4v) is 3.79. The van der Waals surface area contributed by atoms with E-state index < -0.39 is 0 Å². The van der Waals surface area contributed by atoms with Crippen LogP contribution in [0, 0.1) is 12.8 Å². The second kappa shape index (κ2) is 9.50. The third kappa shape index (κ3) is 5.64. The summed E-state index contributed by atoms with van der Waals surface area (Å²) in [5, 5.41) is 5.85. The summed E-state index contributed by atoms with van der Waals surface area (Å²) in [6.45, 7) is 5.75. The summed E-state index contributed by atoms with van der Waals surface area (Å²) in [4.78, 5) is 27.1. The van der Waals surface area contributed by atoms with E-state index in [0.717, 1.165) is 36.0 Å². The monoisotopic (exact) mass is 473 g/mol. The van der Waals surface area contributed by atoms with Crippen LogP contribution in [0.25, 0.3) is 0 Å². The first kappa shape index (κ1) is 21.5. The maximum atomic E-state index is 12.8. The number of piperidine rings is 1. The second-order valence-electron chi connectivity index (χ2n) is 7.43. The van der Waals surface area contributed by atoms with Gasteiger partial charge in [0.2, 0.25) is 0 Å². The third-order valence-corrected chi connectivity index (χ3v) is 6.16. The summed E-state index contributed by atoms with van der Waals surface area (Å²) in [5.74, 6) is 0.403. The highest BCUT2D eigenvalue weighted by Gasteiger charge is 2.21. The molecule has 1 aliphatic rings. The standard InChI is InChI=1S/C22H24BrN3O2S/c1-14-8-10-26(11-9-14)21(28)17-4-3-5-18(12-17)24-22(29)25-20(27)16-7-6-15(2)19(23)13-16/h3-7,12-14H,8-11H2,1-2H3,(H2,24,25,27,29). The summed E-state index contributed by atoms with van der Waals surface area (Å²) >= 11 is 8.70. The molecule has 1 heterocycles. The number of aryl methyl sites for hydroxylation is 1. The van der Waals surface area contributed by atoms with Crippen molar-refractivity contribution in [3.63, 3.8) is 0 Å². The highest BCUT2D eigenvalue weighted by molar-refractivity contribution is 9.10. The molecule has 0 unspecified atom stereocenters. The number of thiocarbonyl (C=S) groups is 1. The number of carbonyl (C=O) groups is 2. The Balaban J connectivity index is 1.62. The van der Waals surface area contributed by atoms with Gasteiger partial charge in [-0.05, 0) is 73.8 Å². The van der Waals surface area contributed by atoms with Crippen LogP contribution in [0.3, 0.4) is 0 Å². The molecule has 0 bridgehead atoms. The van der Waals surface area contributed by atoms with Gasteiger partial charge in [-0.25, -0.2) is 0 Å². The van der Waals surface area contributed by atoms with E-state index in [1.165, 1.54) is 0 Å². The predicted octanol–water partition coefficient (Wildman–Crippen LogP) is 4.76. The number of carbonyl (C=O) groups excluding carboxylic acids is 2. The van der Waals surface area contributed by atoms with Crippen molar-refractivity contribution in [1.82, 2.24) is 10.2 Å². The van der Waals surface area contributed by atoms with E-state index in [9.17, 15) is 9.59 Å². The maximum Gasteiger partial charge on any atom is 0.257 e. The molecule has 1 saturated heterocycles. The molecule has 0 aromatic heterocycles. The summed E-state index contributed by atoms with van der Waals surface area (Å²) < 4.78 is 0.863. The maximum absolute atomic E-state index is 12.8. The fourth-order valence-electron chi connectivity index (χ4n) is 3.20. The van der Waals surface area contributed by atoms with Crippen molar-refractivity contribution in [1.29, 1.82) is 0 Å². The highest BCUT2D eigenvalue weighted by Crippen LogP contribution is 2.20. The molecule has 5 nitrogen and oxygen atoms in total. The molecule has 0 aliphatic carbocycles. The lowest BCUT2D eigenvalue weighted by Crippen LogP contribution is -2.38. The van der Waals surface area contributed by atoms with Crippen LogP contribution in [0.5, 0.6) is 0 Å². The zero-order valence-electron chi connectivity index (χ0n) is 16.5. The molecule has 1 aliphatic heterocycles. The first-order valence-electron chi connectivity index (χ1n) is 9.61. The molecule has 2 aromatic carbocycles. The number of likely N-dealkylation sites (tertiary alicyclic amines) is 1. The number of halogens is 1. The van der Waals surface area contributed by atoms with Crippen molar-refractivity contribution in [2.24, 2.45) is 5.92 Å². The summed E-state index contributed by atoms with van der Waals surface area (Å²) in [5.41, 5.74) is 2.83. The van der Waals surface area contributed by atoms with Crippen LogP contribution in [0.2, 0.25) is 0 Å². The minimum atomic E-state index is -0.294. The number of hydrogen-bond donors (Lipinski definition) is 2. The van der Waals surface area contributed by atoms with E-state index in [2.05, 4.69) is 33.5 Å². The van der Waals surface area contributed by atoms with Gasteiger partial charge in [0, 0.05) is 34.4 Å². The molecule has 7 heteroatoms. The fraction of sp³-hybridized carbons (Fsp3) is 0.318. The van der Waals surface area contributed by atoms with Gasteiger partial charge in [-0.1, -0.05) is 35.0 Å². The Labute approximate surface area is 185 Å². The van der Waals surface area contributed by atoms with Gasteiger partial charge < -0.3 is 10.2 Å². The quantitative estimate of drug-likeness (QED) is 0.630. The summed E-state index contributed by atoms with van der Waals surface area (Å²) in [7, 11) is 0. The van der Waals surface area contributed by atoms with Crippen LogP contribution < -0.4 is 10.6 Å². The van der Waals surface area contributed by atoms with Crippen LogP contribution in [-0.4, -0.2) is 34.9 Å². The smallest absolute Gasteiger partial charge is 0.257 e. The first-order valence-corrected chi connectivity index (χ1v) is 10.8. The van der Waals surface area contributed by atoms with Crippen molar-refractivity contribution in [2.45, 2.75) is 26.7 Å². The molecule has 0 radical (unpaired) electrons. The lowest BCUT2D eigenvalue weighted by atomic mass is 9.98. The summed E-state index contributed by atoms with van der Waals surface area (Å²) in [6.07, 6.45) is 2.07. The van der Waals surface area contributed by atoms with E-state index in [4.69, 9.17) is 12.2 Å². The average molecular weight is 474 g/mol. The van der Waals surface area contributed by atoms with Crippen molar-refractivity contribution >= 4 is 50.8 Å². The van der Waals surface area contributed by atoms with Crippen molar-refractivity contribution in [3.05, 3.63) is 63.6 Å². The Bertz CT molecular complexity index is 939. The van der Waals surface area contributed by atoms with Gasteiger partial charge in [-0.15, -0.1) is 0 Å². The Morgan fingerprint density at radius 2 is 1.83 bits per heavy atom. The molecule has 2 N–H and O–H groups in total. The SMILES string of the molecule is Cc1ccc(C(=O)NC(=S)Nc2cccc(C(=O)N3CCC(C)CC3)c2)cc1Br. The lowest BCUT2D eigenvalue weighted by molar-refractivity contribution is 0.0697. The second-order valence-corrected chi connectivity index (χ2v) is 8.69. The van der Waals surface area contributed by atoms with Crippen LogP contribution in [0.4, 0.5) is 5.69 Å².